The average molecular weight is 291 g/mol. The third-order valence-corrected chi connectivity index (χ3v) is 5.44. The second-order valence-corrected chi connectivity index (χ2v) is 7.72. The van der Waals surface area contributed by atoms with Crippen molar-refractivity contribution in [2.24, 2.45) is 0 Å². The molecule has 2 heterocycles. The number of aromatic nitrogens is 2. The Hall–Kier alpha value is -1.66. The highest BCUT2D eigenvalue weighted by Crippen LogP contribution is 2.20. The minimum atomic E-state index is -2.82. The van der Waals surface area contributed by atoms with E-state index >= 15 is 0 Å². The molecule has 0 radical (unpaired) electrons. The minimum absolute atomic E-state index is 0.157. The van der Waals surface area contributed by atoms with Gasteiger partial charge in [0.2, 0.25) is 0 Å². The first-order valence-corrected chi connectivity index (χ1v) is 8.34. The molecule has 1 aromatic carbocycles. The molecule has 0 amide bonds. The van der Waals surface area contributed by atoms with Gasteiger partial charge in [-0.15, -0.1) is 11.3 Å². The molecule has 0 aliphatic carbocycles. The fourth-order valence-electron chi connectivity index (χ4n) is 1.96. The zero-order chi connectivity index (χ0) is 13.5. The lowest BCUT2D eigenvalue weighted by atomic mass is 10.4. The van der Waals surface area contributed by atoms with Crippen molar-refractivity contribution in [3.63, 3.8) is 0 Å². The van der Waals surface area contributed by atoms with Gasteiger partial charge < -0.3 is 0 Å². The molecular formula is C13H13N3OS2. The largest absolute Gasteiger partial charge is 0.297 e. The fourth-order valence-corrected chi connectivity index (χ4v) is 4.11. The first kappa shape index (κ1) is 12.4. The van der Waals surface area contributed by atoms with E-state index in [2.05, 4.69) is 4.98 Å². The van der Waals surface area contributed by atoms with Crippen LogP contribution in [0.25, 0.3) is 4.96 Å². The number of rotatable bonds is 3. The summed E-state index contributed by atoms with van der Waals surface area (Å²) in [5.41, 5.74) is 0.704. The molecule has 98 valence electrons. The van der Waals surface area contributed by atoms with E-state index in [1.165, 1.54) is 4.88 Å². The van der Waals surface area contributed by atoms with Crippen molar-refractivity contribution < 1.29 is 4.21 Å². The van der Waals surface area contributed by atoms with Crippen molar-refractivity contribution in [1.82, 2.24) is 9.38 Å². The minimum Gasteiger partial charge on any atom is -0.297 e. The van der Waals surface area contributed by atoms with Gasteiger partial charge in [0.1, 0.15) is 0 Å². The Labute approximate surface area is 115 Å². The van der Waals surface area contributed by atoms with Crippen molar-refractivity contribution >= 4 is 26.0 Å². The molecule has 6 heteroatoms. The van der Waals surface area contributed by atoms with Crippen LogP contribution in [0.4, 0.5) is 0 Å². The van der Waals surface area contributed by atoms with Gasteiger partial charge in [-0.1, -0.05) is 18.2 Å². The molecule has 2 aromatic heterocycles. The van der Waals surface area contributed by atoms with E-state index in [0.717, 1.165) is 4.96 Å². The summed E-state index contributed by atoms with van der Waals surface area (Å²) in [5.74, 6) is 0.157. The molecule has 0 bridgehead atoms. The Morgan fingerprint density at radius 3 is 2.74 bits per heavy atom. The van der Waals surface area contributed by atoms with E-state index in [9.17, 15) is 4.21 Å². The van der Waals surface area contributed by atoms with Crippen LogP contribution in [0, 0.1) is 11.7 Å². The van der Waals surface area contributed by atoms with Crippen molar-refractivity contribution in [2.45, 2.75) is 17.6 Å². The second-order valence-electron chi connectivity index (χ2n) is 4.40. The Morgan fingerprint density at radius 1 is 1.32 bits per heavy atom. The number of nitrogens with zero attached hydrogens (tertiary/aromatic N) is 2. The number of aryl methyl sites for hydroxylation is 1. The molecule has 3 rings (SSSR count). The van der Waals surface area contributed by atoms with Gasteiger partial charge in [-0.05, 0) is 19.1 Å². The summed E-state index contributed by atoms with van der Waals surface area (Å²) >= 11 is 1.59. The van der Waals surface area contributed by atoms with Gasteiger partial charge in [-0.3, -0.25) is 4.40 Å². The van der Waals surface area contributed by atoms with Gasteiger partial charge in [0, 0.05) is 22.2 Å². The second kappa shape index (κ2) is 4.47. The standard InChI is InChI=1S/C13H13N3OS2/c1-10-7-16-8-11(15-13(16)18-10)9-19(14,17)12-5-3-2-4-6-12/h2-8,14H,9H2,1H3. The topological polar surface area (TPSA) is 58.2 Å². The van der Waals surface area contributed by atoms with Crippen molar-refractivity contribution in [3.8, 4) is 0 Å². The maximum absolute atomic E-state index is 12.4. The Bertz CT molecular complexity index is 785. The van der Waals surface area contributed by atoms with Crippen LogP contribution in [0.15, 0.2) is 47.6 Å². The third-order valence-electron chi connectivity index (χ3n) is 2.80. The molecule has 0 fully saturated rings. The van der Waals surface area contributed by atoms with E-state index in [1.807, 2.05) is 29.8 Å². The van der Waals surface area contributed by atoms with Crippen molar-refractivity contribution in [2.75, 3.05) is 0 Å². The van der Waals surface area contributed by atoms with Crippen LogP contribution >= 0.6 is 11.3 Å². The van der Waals surface area contributed by atoms with E-state index < -0.39 is 9.73 Å². The predicted molar refractivity (Wildman–Crippen MR) is 77.1 cm³/mol. The molecule has 0 saturated carbocycles. The lowest BCUT2D eigenvalue weighted by molar-refractivity contribution is 0.673. The van der Waals surface area contributed by atoms with Crippen LogP contribution < -0.4 is 0 Å². The molecule has 0 aliphatic rings. The van der Waals surface area contributed by atoms with Gasteiger partial charge in [0.15, 0.2) is 4.96 Å². The summed E-state index contributed by atoms with van der Waals surface area (Å²) in [6.45, 7) is 2.02. The molecule has 0 spiro atoms. The molecule has 1 N–H and O–H groups in total. The van der Waals surface area contributed by atoms with E-state index in [-0.39, 0.29) is 5.75 Å². The van der Waals surface area contributed by atoms with Gasteiger partial charge in [-0.25, -0.2) is 14.0 Å². The average Bonchev–Trinajstić information content (AvgIpc) is 2.86. The molecule has 1 unspecified atom stereocenters. The Balaban J connectivity index is 1.94. The highest BCUT2D eigenvalue weighted by molar-refractivity contribution is 7.91. The molecule has 4 nitrogen and oxygen atoms in total. The number of thiazole rings is 1. The van der Waals surface area contributed by atoms with Crippen LogP contribution in [0.2, 0.25) is 0 Å². The first-order valence-electron chi connectivity index (χ1n) is 5.80. The lowest BCUT2D eigenvalue weighted by Gasteiger charge is -2.04. The zero-order valence-electron chi connectivity index (χ0n) is 10.4. The van der Waals surface area contributed by atoms with E-state index in [4.69, 9.17) is 4.78 Å². The smallest absolute Gasteiger partial charge is 0.194 e. The Morgan fingerprint density at radius 2 is 2.05 bits per heavy atom. The van der Waals surface area contributed by atoms with Gasteiger partial charge >= 0.3 is 0 Å². The van der Waals surface area contributed by atoms with E-state index in [0.29, 0.717) is 10.6 Å². The number of fused-ring (bicyclic) bond motifs is 1. The Kier molecular flexibility index (Phi) is 2.91. The summed E-state index contributed by atoms with van der Waals surface area (Å²) in [6.07, 6.45) is 3.85. The highest BCUT2D eigenvalue weighted by Gasteiger charge is 2.14. The number of hydrogen-bond donors (Lipinski definition) is 1. The van der Waals surface area contributed by atoms with Gasteiger partial charge in [0.25, 0.3) is 0 Å². The molecule has 3 aromatic rings. The fraction of sp³-hybridized carbons (Fsp3) is 0.154. The number of hydrogen-bond acceptors (Lipinski definition) is 4. The normalized spacial score (nSPS) is 14.6. The quantitative estimate of drug-likeness (QED) is 0.805. The SMILES string of the molecule is Cc1cn2cc(CS(=N)(=O)c3ccccc3)nc2s1. The van der Waals surface area contributed by atoms with Crippen LogP contribution in [0.1, 0.15) is 10.6 Å². The molecule has 0 saturated heterocycles. The predicted octanol–water partition coefficient (Wildman–Crippen LogP) is 3.31. The first-order chi connectivity index (χ1) is 9.04. The van der Waals surface area contributed by atoms with Crippen LogP contribution in [0.5, 0.6) is 0 Å². The number of imidazole rings is 1. The van der Waals surface area contributed by atoms with Crippen LogP contribution in [0.3, 0.4) is 0 Å². The maximum Gasteiger partial charge on any atom is 0.194 e. The molecule has 19 heavy (non-hydrogen) atoms. The summed E-state index contributed by atoms with van der Waals surface area (Å²) in [4.78, 5) is 7.05. The molecule has 0 aliphatic heterocycles. The number of benzene rings is 1. The molecular weight excluding hydrogens is 278 g/mol. The monoisotopic (exact) mass is 291 g/mol. The van der Waals surface area contributed by atoms with Crippen LogP contribution in [-0.2, 0) is 15.5 Å². The zero-order valence-corrected chi connectivity index (χ0v) is 12.0. The summed E-state index contributed by atoms with van der Waals surface area (Å²) in [7, 11) is -2.82. The van der Waals surface area contributed by atoms with Gasteiger partial charge in [0.05, 0.1) is 21.2 Å². The third kappa shape index (κ3) is 2.41. The highest BCUT2D eigenvalue weighted by atomic mass is 32.2. The maximum atomic E-state index is 12.4. The van der Waals surface area contributed by atoms with E-state index in [1.54, 1.807) is 35.6 Å². The van der Waals surface area contributed by atoms with Crippen molar-refractivity contribution in [3.05, 3.63) is 53.3 Å². The lowest BCUT2D eigenvalue weighted by Crippen LogP contribution is -2.03. The summed E-state index contributed by atoms with van der Waals surface area (Å²) < 4.78 is 22.4. The summed E-state index contributed by atoms with van der Waals surface area (Å²) in [5, 5.41) is 0. The molecule has 1 atom stereocenters. The van der Waals surface area contributed by atoms with Crippen molar-refractivity contribution in [1.29, 1.82) is 4.78 Å². The van der Waals surface area contributed by atoms with Crippen LogP contribution in [-0.4, -0.2) is 13.6 Å². The summed E-state index contributed by atoms with van der Waals surface area (Å²) in [6, 6.07) is 8.93. The van der Waals surface area contributed by atoms with Gasteiger partial charge in [-0.2, -0.15) is 0 Å². The number of nitrogens with one attached hydrogen (secondary N) is 1.